The SMILES string of the molecule is Cc1ccc(CCC(C(=O)O)n2c(=O)[nH]c3scc(-c4ccc(C)cc4C)c3c2=O)cc1. The van der Waals surface area contributed by atoms with Crippen LogP contribution in [0.4, 0.5) is 0 Å². The summed E-state index contributed by atoms with van der Waals surface area (Å²) in [4.78, 5) is 41.5. The van der Waals surface area contributed by atoms with E-state index in [9.17, 15) is 19.5 Å². The van der Waals surface area contributed by atoms with Gasteiger partial charge >= 0.3 is 11.7 Å². The maximum atomic E-state index is 13.5. The Morgan fingerprint density at radius 3 is 2.38 bits per heavy atom. The average molecular weight is 449 g/mol. The molecule has 0 aliphatic heterocycles. The average Bonchev–Trinajstić information content (AvgIpc) is 3.15. The summed E-state index contributed by atoms with van der Waals surface area (Å²) >= 11 is 1.27. The van der Waals surface area contributed by atoms with Crippen LogP contribution in [0.5, 0.6) is 0 Å². The van der Waals surface area contributed by atoms with Crippen molar-refractivity contribution in [2.75, 3.05) is 0 Å². The van der Waals surface area contributed by atoms with Crippen molar-refractivity contribution < 1.29 is 9.90 Å². The lowest BCUT2D eigenvalue weighted by molar-refractivity contribution is -0.141. The first-order chi connectivity index (χ1) is 15.3. The van der Waals surface area contributed by atoms with E-state index in [2.05, 4.69) is 4.98 Å². The molecule has 6 nitrogen and oxygen atoms in total. The number of rotatable bonds is 6. The maximum Gasteiger partial charge on any atom is 0.330 e. The van der Waals surface area contributed by atoms with Gasteiger partial charge in [-0.3, -0.25) is 9.78 Å². The molecule has 1 unspecified atom stereocenters. The summed E-state index contributed by atoms with van der Waals surface area (Å²) in [5.41, 5.74) is 4.51. The Morgan fingerprint density at radius 1 is 1.03 bits per heavy atom. The number of aryl methyl sites for hydroxylation is 4. The molecule has 0 spiro atoms. The van der Waals surface area contributed by atoms with Gasteiger partial charge in [0.25, 0.3) is 5.56 Å². The second kappa shape index (κ2) is 8.59. The minimum Gasteiger partial charge on any atom is -0.480 e. The zero-order valence-corrected chi connectivity index (χ0v) is 19.0. The summed E-state index contributed by atoms with van der Waals surface area (Å²) in [5.74, 6) is -1.20. The molecule has 0 aliphatic carbocycles. The highest BCUT2D eigenvalue weighted by atomic mass is 32.1. The molecule has 0 bridgehead atoms. The Labute approximate surface area is 188 Å². The first-order valence-corrected chi connectivity index (χ1v) is 11.3. The number of thiophene rings is 1. The molecule has 32 heavy (non-hydrogen) atoms. The quantitative estimate of drug-likeness (QED) is 0.451. The first-order valence-electron chi connectivity index (χ1n) is 10.4. The molecule has 164 valence electrons. The molecule has 0 saturated heterocycles. The molecule has 1 atom stereocenters. The van der Waals surface area contributed by atoms with E-state index in [1.54, 1.807) is 0 Å². The molecule has 0 radical (unpaired) electrons. The van der Waals surface area contributed by atoms with E-state index in [0.29, 0.717) is 22.2 Å². The molecule has 4 rings (SSSR count). The van der Waals surface area contributed by atoms with Crippen LogP contribution in [0.25, 0.3) is 21.3 Å². The number of nitrogens with one attached hydrogen (secondary N) is 1. The first kappa shape index (κ1) is 21.8. The van der Waals surface area contributed by atoms with Gasteiger partial charge < -0.3 is 5.11 Å². The van der Waals surface area contributed by atoms with Crippen molar-refractivity contribution in [3.05, 3.63) is 90.9 Å². The highest BCUT2D eigenvalue weighted by molar-refractivity contribution is 7.17. The summed E-state index contributed by atoms with van der Waals surface area (Å²) in [5, 5.41) is 12.1. The van der Waals surface area contributed by atoms with E-state index in [1.807, 2.05) is 68.6 Å². The normalized spacial score (nSPS) is 12.2. The molecule has 7 heteroatoms. The summed E-state index contributed by atoms with van der Waals surface area (Å²) < 4.78 is 0.860. The Bertz CT molecular complexity index is 1430. The molecule has 2 heterocycles. The van der Waals surface area contributed by atoms with Gasteiger partial charge in [-0.05, 0) is 50.3 Å². The van der Waals surface area contributed by atoms with Crippen LogP contribution in [0.15, 0.2) is 57.4 Å². The molecule has 0 amide bonds. The van der Waals surface area contributed by atoms with E-state index in [1.165, 1.54) is 11.3 Å². The van der Waals surface area contributed by atoms with Crippen LogP contribution in [-0.2, 0) is 11.2 Å². The second-order valence-electron chi connectivity index (χ2n) is 8.16. The summed E-state index contributed by atoms with van der Waals surface area (Å²) in [6.45, 7) is 5.95. The molecule has 2 aromatic carbocycles. The van der Waals surface area contributed by atoms with E-state index < -0.39 is 23.3 Å². The molecule has 0 aliphatic rings. The van der Waals surface area contributed by atoms with E-state index in [0.717, 1.165) is 32.4 Å². The van der Waals surface area contributed by atoms with Crippen molar-refractivity contribution in [2.24, 2.45) is 0 Å². The second-order valence-corrected chi connectivity index (χ2v) is 9.04. The molecule has 2 aromatic heterocycles. The number of aromatic amines is 1. The molecule has 2 N–H and O–H groups in total. The topological polar surface area (TPSA) is 92.2 Å². The molecule has 4 aromatic rings. The van der Waals surface area contributed by atoms with Crippen molar-refractivity contribution in [2.45, 2.75) is 39.7 Å². The lowest BCUT2D eigenvalue weighted by atomic mass is 9.99. The van der Waals surface area contributed by atoms with Gasteiger partial charge in [0.05, 0.1) is 5.39 Å². The number of aliphatic carboxylic acids is 1. The highest BCUT2D eigenvalue weighted by Crippen LogP contribution is 2.33. The highest BCUT2D eigenvalue weighted by Gasteiger charge is 2.26. The number of aromatic nitrogens is 2. The zero-order chi connectivity index (χ0) is 23.0. The Kier molecular flexibility index (Phi) is 5.84. The predicted molar refractivity (Wildman–Crippen MR) is 128 cm³/mol. The summed E-state index contributed by atoms with van der Waals surface area (Å²) in [7, 11) is 0. The molecular formula is C25H24N2O4S. The number of fused-ring (bicyclic) bond motifs is 1. The summed E-state index contributed by atoms with van der Waals surface area (Å²) in [6.07, 6.45) is 0.574. The minimum absolute atomic E-state index is 0.135. The van der Waals surface area contributed by atoms with Crippen LogP contribution < -0.4 is 11.2 Å². The third-order valence-corrected chi connectivity index (χ3v) is 6.65. The number of carbonyl (C=O) groups is 1. The number of hydrogen-bond acceptors (Lipinski definition) is 4. The fourth-order valence-electron chi connectivity index (χ4n) is 4.05. The lowest BCUT2D eigenvalue weighted by Crippen LogP contribution is -2.41. The number of nitrogens with zero attached hydrogens (tertiary/aromatic N) is 1. The third kappa shape index (κ3) is 4.03. The van der Waals surface area contributed by atoms with Gasteiger partial charge in [-0.1, -0.05) is 53.6 Å². The van der Waals surface area contributed by atoms with Crippen molar-refractivity contribution in [1.82, 2.24) is 9.55 Å². The molecule has 0 saturated carbocycles. The lowest BCUT2D eigenvalue weighted by Gasteiger charge is -2.15. The largest absolute Gasteiger partial charge is 0.480 e. The van der Waals surface area contributed by atoms with Gasteiger partial charge in [0.1, 0.15) is 10.9 Å². The van der Waals surface area contributed by atoms with Crippen LogP contribution in [-0.4, -0.2) is 20.6 Å². The van der Waals surface area contributed by atoms with Gasteiger partial charge in [-0.25, -0.2) is 14.2 Å². The Morgan fingerprint density at radius 2 is 1.72 bits per heavy atom. The van der Waals surface area contributed by atoms with Crippen molar-refractivity contribution in [1.29, 1.82) is 0 Å². The summed E-state index contributed by atoms with van der Waals surface area (Å²) in [6, 6.07) is 12.5. The van der Waals surface area contributed by atoms with Gasteiger partial charge in [-0.15, -0.1) is 11.3 Å². The van der Waals surface area contributed by atoms with E-state index in [-0.39, 0.29) is 6.42 Å². The number of carboxylic acids is 1. The van der Waals surface area contributed by atoms with Gasteiger partial charge in [0.15, 0.2) is 0 Å². The number of hydrogen-bond donors (Lipinski definition) is 2. The van der Waals surface area contributed by atoms with Gasteiger partial charge in [0, 0.05) is 10.9 Å². The number of carboxylic acid groups (broad SMARTS) is 1. The molecular weight excluding hydrogens is 424 g/mol. The van der Waals surface area contributed by atoms with Crippen LogP contribution in [0.1, 0.15) is 34.7 Å². The maximum absolute atomic E-state index is 13.5. The number of H-pyrrole nitrogens is 1. The standard InChI is InChI=1S/C25H24N2O4S/c1-14-4-7-17(8-5-14)9-11-20(24(29)30)27-23(28)21-19(13-32-22(21)26-25(27)31)18-10-6-15(2)12-16(18)3/h4-8,10,12-13,20H,9,11H2,1-3H3,(H,26,31)(H,29,30). The van der Waals surface area contributed by atoms with Crippen LogP contribution >= 0.6 is 11.3 Å². The number of benzene rings is 2. The van der Waals surface area contributed by atoms with Crippen LogP contribution in [0.2, 0.25) is 0 Å². The predicted octanol–water partition coefficient (Wildman–Crippen LogP) is 4.60. The van der Waals surface area contributed by atoms with Crippen LogP contribution in [0, 0.1) is 20.8 Å². The van der Waals surface area contributed by atoms with Crippen LogP contribution in [0.3, 0.4) is 0 Å². The third-order valence-electron chi connectivity index (χ3n) is 5.76. The fourth-order valence-corrected chi connectivity index (χ4v) is 4.99. The monoisotopic (exact) mass is 448 g/mol. The smallest absolute Gasteiger partial charge is 0.330 e. The van der Waals surface area contributed by atoms with Crippen molar-refractivity contribution >= 4 is 27.5 Å². The van der Waals surface area contributed by atoms with Gasteiger partial charge in [-0.2, -0.15) is 0 Å². The Balaban J connectivity index is 1.81. The Hall–Kier alpha value is -3.45. The molecule has 0 fully saturated rings. The fraction of sp³-hybridized carbons (Fsp3) is 0.240. The van der Waals surface area contributed by atoms with Crippen molar-refractivity contribution in [3.8, 4) is 11.1 Å². The minimum atomic E-state index is -1.26. The van der Waals surface area contributed by atoms with E-state index >= 15 is 0 Å². The zero-order valence-electron chi connectivity index (χ0n) is 18.1. The van der Waals surface area contributed by atoms with E-state index in [4.69, 9.17) is 0 Å². The van der Waals surface area contributed by atoms with Crippen molar-refractivity contribution in [3.63, 3.8) is 0 Å². The van der Waals surface area contributed by atoms with Gasteiger partial charge in [0.2, 0.25) is 0 Å².